The number of fused-ring (bicyclic) bond motifs is 1. The van der Waals surface area contributed by atoms with Gasteiger partial charge in [-0.25, -0.2) is 13.8 Å². The predicted molar refractivity (Wildman–Crippen MR) is 145 cm³/mol. The quantitative estimate of drug-likeness (QED) is 0.324. The van der Waals surface area contributed by atoms with Gasteiger partial charge in [0, 0.05) is 74.4 Å². The first-order valence-electron chi connectivity index (χ1n) is 12.8. The van der Waals surface area contributed by atoms with Crippen molar-refractivity contribution in [3.63, 3.8) is 0 Å². The van der Waals surface area contributed by atoms with Gasteiger partial charge in [-0.05, 0) is 61.5 Å². The molecule has 1 amide bonds. The summed E-state index contributed by atoms with van der Waals surface area (Å²) >= 11 is 0. The highest BCUT2D eigenvalue weighted by atomic mass is 19.1. The van der Waals surface area contributed by atoms with Crippen molar-refractivity contribution in [2.24, 2.45) is 0 Å². The standard InChI is InChI=1S/C28H31F2N7O/c1-20(38)31-10-2-11-35-13-15-36(16-14-35)25-6-4-24(5-7-25)33-28-32-18-21-9-12-37(27(21)34-28)19-22-17-23(29)3-8-26(22)30/h3-9,12,17-18H,2,10-11,13-16,19H2,1H3,(H,31,38)(H,32,33,34). The van der Waals surface area contributed by atoms with Crippen LogP contribution in [0.1, 0.15) is 18.9 Å². The van der Waals surface area contributed by atoms with E-state index >= 15 is 0 Å². The third-order valence-corrected chi connectivity index (χ3v) is 6.74. The summed E-state index contributed by atoms with van der Waals surface area (Å²) < 4.78 is 29.6. The zero-order chi connectivity index (χ0) is 26.5. The monoisotopic (exact) mass is 519 g/mol. The highest BCUT2D eigenvalue weighted by Crippen LogP contribution is 2.23. The van der Waals surface area contributed by atoms with Gasteiger partial charge in [0.2, 0.25) is 11.9 Å². The number of nitrogens with zero attached hydrogens (tertiary/aromatic N) is 5. The van der Waals surface area contributed by atoms with E-state index < -0.39 is 11.6 Å². The maximum atomic E-state index is 14.2. The van der Waals surface area contributed by atoms with Crippen LogP contribution in [-0.2, 0) is 11.3 Å². The summed E-state index contributed by atoms with van der Waals surface area (Å²) in [5.41, 5.74) is 2.92. The molecule has 2 aromatic heterocycles. The molecule has 3 heterocycles. The van der Waals surface area contributed by atoms with Crippen LogP contribution in [0.2, 0.25) is 0 Å². The summed E-state index contributed by atoms with van der Waals surface area (Å²) in [4.78, 5) is 24.8. The Morgan fingerprint density at radius 3 is 2.58 bits per heavy atom. The largest absolute Gasteiger partial charge is 0.369 e. The molecule has 1 saturated heterocycles. The topological polar surface area (TPSA) is 78.3 Å². The van der Waals surface area contributed by atoms with Crippen molar-refractivity contribution in [1.82, 2.24) is 24.8 Å². The second kappa shape index (κ2) is 11.6. The number of hydrogen-bond donors (Lipinski definition) is 2. The van der Waals surface area contributed by atoms with Gasteiger partial charge in [-0.1, -0.05) is 0 Å². The molecule has 0 saturated carbocycles. The van der Waals surface area contributed by atoms with E-state index in [0.29, 0.717) is 11.6 Å². The lowest BCUT2D eigenvalue weighted by molar-refractivity contribution is -0.118. The molecule has 1 fully saturated rings. The van der Waals surface area contributed by atoms with Crippen molar-refractivity contribution >= 4 is 34.3 Å². The van der Waals surface area contributed by atoms with Crippen molar-refractivity contribution in [1.29, 1.82) is 0 Å². The molecule has 5 rings (SSSR count). The second-order valence-electron chi connectivity index (χ2n) is 9.49. The van der Waals surface area contributed by atoms with Crippen LogP contribution < -0.4 is 15.5 Å². The zero-order valence-electron chi connectivity index (χ0n) is 21.3. The second-order valence-corrected chi connectivity index (χ2v) is 9.49. The number of carbonyl (C=O) groups excluding carboxylic acids is 1. The van der Waals surface area contributed by atoms with Gasteiger partial charge in [-0.2, -0.15) is 4.98 Å². The minimum absolute atomic E-state index is 0.0204. The van der Waals surface area contributed by atoms with Gasteiger partial charge in [0.05, 0.1) is 6.54 Å². The van der Waals surface area contributed by atoms with Crippen LogP contribution in [0.25, 0.3) is 11.0 Å². The average Bonchev–Trinajstić information content (AvgIpc) is 3.31. The summed E-state index contributed by atoms with van der Waals surface area (Å²) in [5, 5.41) is 6.91. The molecule has 0 spiro atoms. The van der Waals surface area contributed by atoms with Crippen LogP contribution in [0.3, 0.4) is 0 Å². The lowest BCUT2D eigenvalue weighted by Gasteiger charge is -2.36. The summed E-state index contributed by atoms with van der Waals surface area (Å²) in [6.07, 6.45) is 4.47. The fourth-order valence-corrected chi connectivity index (χ4v) is 4.69. The molecule has 1 aliphatic rings. The molecule has 4 aromatic rings. The van der Waals surface area contributed by atoms with Crippen molar-refractivity contribution < 1.29 is 13.6 Å². The van der Waals surface area contributed by atoms with Crippen molar-refractivity contribution in [2.45, 2.75) is 19.9 Å². The molecule has 2 aromatic carbocycles. The van der Waals surface area contributed by atoms with E-state index in [1.54, 1.807) is 23.9 Å². The van der Waals surface area contributed by atoms with Gasteiger partial charge >= 0.3 is 0 Å². The van der Waals surface area contributed by atoms with Crippen molar-refractivity contribution in [3.05, 3.63) is 78.1 Å². The van der Waals surface area contributed by atoms with Crippen molar-refractivity contribution in [3.8, 4) is 0 Å². The third kappa shape index (κ3) is 6.25. The first-order chi connectivity index (χ1) is 18.4. The van der Waals surface area contributed by atoms with E-state index in [9.17, 15) is 13.6 Å². The Bertz CT molecular complexity index is 1400. The predicted octanol–water partition coefficient (Wildman–Crippen LogP) is 4.15. The van der Waals surface area contributed by atoms with E-state index in [0.717, 1.165) is 74.6 Å². The summed E-state index contributed by atoms with van der Waals surface area (Å²) in [6, 6.07) is 13.5. The molecule has 1 aliphatic heterocycles. The van der Waals surface area contributed by atoms with E-state index in [4.69, 9.17) is 0 Å². The third-order valence-electron chi connectivity index (χ3n) is 6.74. The molecular formula is C28H31F2N7O. The molecular weight excluding hydrogens is 488 g/mol. The van der Waals surface area contributed by atoms with Crippen LogP contribution in [0.5, 0.6) is 0 Å². The van der Waals surface area contributed by atoms with E-state index in [1.165, 1.54) is 6.07 Å². The number of nitrogens with one attached hydrogen (secondary N) is 2. The molecule has 2 N–H and O–H groups in total. The smallest absolute Gasteiger partial charge is 0.229 e. The Hall–Kier alpha value is -4.05. The van der Waals surface area contributed by atoms with Crippen LogP contribution in [-0.4, -0.2) is 64.6 Å². The average molecular weight is 520 g/mol. The van der Waals surface area contributed by atoms with Crippen LogP contribution in [0.15, 0.2) is 60.9 Å². The molecule has 0 aliphatic carbocycles. The molecule has 8 nitrogen and oxygen atoms in total. The number of hydrogen-bond acceptors (Lipinski definition) is 6. The summed E-state index contributed by atoms with van der Waals surface area (Å²) in [6.45, 7) is 7.32. The molecule has 38 heavy (non-hydrogen) atoms. The SMILES string of the molecule is CC(=O)NCCCN1CCN(c2ccc(Nc3ncc4ccn(Cc5cc(F)ccc5F)c4n3)cc2)CC1. The Morgan fingerprint density at radius 2 is 1.82 bits per heavy atom. The first-order valence-corrected chi connectivity index (χ1v) is 12.8. The maximum Gasteiger partial charge on any atom is 0.229 e. The molecule has 0 atom stereocenters. The Labute approximate surface area is 220 Å². The van der Waals surface area contributed by atoms with Crippen LogP contribution in [0, 0.1) is 11.6 Å². The van der Waals surface area contributed by atoms with Gasteiger partial charge in [0.25, 0.3) is 0 Å². The normalized spacial score (nSPS) is 14.1. The number of piperazine rings is 1. The minimum atomic E-state index is -0.473. The van der Waals surface area contributed by atoms with Gasteiger partial charge in [-0.3, -0.25) is 9.69 Å². The lowest BCUT2D eigenvalue weighted by atomic mass is 10.2. The number of carbonyl (C=O) groups is 1. The fourth-order valence-electron chi connectivity index (χ4n) is 4.69. The molecule has 0 bridgehead atoms. The molecule has 10 heteroatoms. The summed E-state index contributed by atoms with van der Waals surface area (Å²) in [5.74, 6) is -0.479. The number of benzene rings is 2. The van der Waals surface area contributed by atoms with E-state index in [-0.39, 0.29) is 18.0 Å². The molecule has 198 valence electrons. The fraction of sp³-hybridized carbons (Fsp3) is 0.321. The van der Waals surface area contributed by atoms with E-state index in [1.807, 2.05) is 18.2 Å². The molecule has 0 radical (unpaired) electrons. The van der Waals surface area contributed by atoms with Gasteiger partial charge < -0.3 is 20.1 Å². The number of aromatic nitrogens is 3. The molecule has 0 unspecified atom stereocenters. The van der Waals surface area contributed by atoms with Gasteiger partial charge in [-0.15, -0.1) is 0 Å². The number of rotatable bonds is 9. The Balaban J connectivity index is 1.18. The zero-order valence-corrected chi connectivity index (χ0v) is 21.3. The highest BCUT2D eigenvalue weighted by molar-refractivity contribution is 5.77. The lowest BCUT2D eigenvalue weighted by Crippen LogP contribution is -2.47. The first kappa shape index (κ1) is 25.6. The minimum Gasteiger partial charge on any atom is -0.369 e. The van der Waals surface area contributed by atoms with Crippen LogP contribution in [0.4, 0.5) is 26.1 Å². The summed E-state index contributed by atoms with van der Waals surface area (Å²) in [7, 11) is 0. The Kier molecular flexibility index (Phi) is 7.78. The van der Waals surface area contributed by atoms with Gasteiger partial charge in [0.1, 0.15) is 17.3 Å². The number of amides is 1. The van der Waals surface area contributed by atoms with Crippen LogP contribution >= 0.6 is 0 Å². The Morgan fingerprint density at radius 1 is 1.03 bits per heavy atom. The number of anilines is 3. The highest BCUT2D eigenvalue weighted by Gasteiger charge is 2.17. The van der Waals surface area contributed by atoms with Gasteiger partial charge in [0.15, 0.2) is 0 Å². The maximum absolute atomic E-state index is 14.2. The number of halogens is 2. The van der Waals surface area contributed by atoms with E-state index in [2.05, 4.69) is 42.5 Å². The van der Waals surface area contributed by atoms with Crippen molar-refractivity contribution in [2.75, 3.05) is 49.5 Å².